The first-order valence-corrected chi connectivity index (χ1v) is 5.76. The number of aromatic hydroxyl groups is 1. The molecule has 3 rings (SSSR count). The third-order valence-corrected chi connectivity index (χ3v) is 3.24. The van der Waals surface area contributed by atoms with Gasteiger partial charge in [0.2, 0.25) is 0 Å². The molecule has 0 aliphatic carbocycles. The highest BCUT2D eigenvalue weighted by molar-refractivity contribution is 5.95. The molecule has 0 atom stereocenters. The average Bonchev–Trinajstić information content (AvgIpc) is 2.41. The van der Waals surface area contributed by atoms with Crippen molar-refractivity contribution in [3.05, 3.63) is 42.0 Å². The SMILES string of the molecule is COc1ccc2nc3ccc(O)c(C)c3cc2c1. The number of benzene rings is 2. The minimum absolute atomic E-state index is 0.298. The molecule has 0 amide bonds. The van der Waals surface area contributed by atoms with Crippen molar-refractivity contribution in [3.8, 4) is 11.5 Å². The van der Waals surface area contributed by atoms with Gasteiger partial charge in [-0.25, -0.2) is 4.98 Å². The standard InChI is InChI=1S/C15H13NO2/c1-9-12-8-10-7-11(18-2)3-4-13(10)16-14(12)5-6-15(9)17/h3-8,17H,1-2H3. The van der Waals surface area contributed by atoms with E-state index < -0.39 is 0 Å². The summed E-state index contributed by atoms with van der Waals surface area (Å²) in [5.41, 5.74) is 2.67. The molecular formula is C15H13NO2. The number of fused-ring (bicyclic) bond motifs is 2. The lowest BCUT2D eigenvalue weighted by molar-refractivity contribution is 0.415. The number of aromatic nitrogens is 1. The maximum Gasteiger partial charge on any atom is 0.119 e. The van der Waals surface area contributed by atoms with Gasteiger partial charge >= 0.3 is 0 Å². The first-order valence-electron chi connectivity index (χ1n) is 5.76. The van der Waals surface area contributed by atoms with E-state index in [0.29, 0.717) is 5.75 Å². The molecular weight excluding hydrogens is 226 g/mol. The highest BCUT2D eigenvalue weighted by Crippen LogP contribution is 2.29. The molecule has 0 saturated carbocycles. The summed E-state index contributed by atoms with van der Waals surface area (Å²) < 4.78 is 5.21. The van der Waals surface area contributed by atoms with Gasteiger partial charge in [0.1, 0.15) is 11.5 Å². The fraction of sp³-hybridized carbons (Fsp3) is 0.133. The van der Waals surface area contributed by atoms with Gasteiger partial charge in [-0.2, -0.15) is 0 Å². The van der Waals surface area contributed by atoms with Gasteiger partial charge in [0.05, 0.1) is 18.1 Å². The first kappa shape index (κ1) is 10.8. The summed E-state index contributed by atoms with van der Waals surface area (Å²) in [6.07, 6.45) is 0. The van der Waals surface area contributed by atoms with E-state index in [1.165, 1.54) is 0 Å². The van der Waals surface area contributed by atoms with Crippen molar-refractivity contribution in [3.63, 3.8) is 0 Å². The van der Waals surface area contributed by atoms with Crippen molar-refractivity contribution < 1.29 is 9.84 Å². The molecule has 18 heavy (non-hydrogen) atoms. The van der Waals surface area contributed by atoms with Crippen LogP contribution in [0.2, 0.25) is 0 Å². The molecule has 3 heteroatoms. The van der Waals surface area contributed by atoms with Crippen LogP contribution in [0.25, 0.3) is 21.8 Å². The number of hydrogen-bond donors (Lipinski definition) is 1. The Kier molecular flexibility index (Phi) is 2.33. The van der Waals surface area contributed by atoms with Crippen LogP contribution in [0.15, 0.2) is 36.4 Å². The van der Waals surface area contributed by atoms with Gasteiger partial charge in [0.25, 0.3) is 0 Å². The molecule has 0 spiro atoms. The zero-order valence-electron chi connectivity index (χ0n) is 10.3. The minimum atomic E-state index is 0.298. The predicted molar refractivity (Wildman–Crippen MR) is 72.2 cm³/mol. The highest BCUT2D eigenvalue weighted by Gasteiger charge is 2.06. The topological polar surface area (TPSA) is 42.4 Å². The van der Waals surface area contributed by atoms with E-state index in [9.17, 15) is 5.11 Å². The number of phenols is 1. The third kappa shape index (κ3) is 1.56. The van der Waals surface area contributed by atoms with E-state index in [2.05, 4.69) is 4.98 Å². The normalized spacial score (nSPS) is 11.0. The summed E-state index contributed by atoms with van der Waals surface area (Å²) >= 11 is 0. The summed E-state index contributed by atoms with van der Waals surface area (Å²) in [5.74, 6) is 1.10. The number of phenolic OH excluding ortho intramolecular Hbond substituents is 1. The van der Waals surface area contributed by atoms with Gasteiger partial charge in [0, 0.05) is 16.3 Å². The fourth-order valence-corrected chi connectivity index (χ4v) is 2.14. The van der Waals surface area contributed by atoms with Crippen LogP contribution < -0.4 is 4.74 Å². The number of nitrogens with zero attached hydrogens (tertiary/aromatic N) is 1. The van der Waals surface area contributed by atoms with Gasteiger partial charge in [-0.15, -0.1) is 0 Å². The van der Waals surface area contributed by atoms with E-state index in [1.807, 2.05) is 37.3 Å². The minimum Gasteiger partial charge on any atom is -0.508 e. The summed E-state index contributed by atoms with van der Waals surface area (Å²) in [6, 6.07) is 11.3. The molecule has 1 N–H and O–H groups in total. The second-order valence-electron chi connectivity index (χ2n) is 4.32. The molecule has 1 heterocycles. The maximum absolute atomic E-state index is 9.74. The maximum atomic E-state index is 9.74. The van der Waals surface area contributed by atoms with Crippen LogP contribution in [0, 0.1) is 6.92 Å². The Morgan fingerprint density at radius 2 is 1.83 bits per heavy atom. The molecule has 0 aliphatic rings. The summed E-state index contributed by atoms with van der Waals surface area (Å²) in [7, 11) is 1.65. The largest absolute Gasteiger partial charge is 0.508 e. The summed E-state index contributed by atoms with van der Waals surface area (Å²) in [5, 5.41) is 11.7. The molecule has 0 aliphatic heterocycles. The second kappa shape index (κ2) is 3.88. The molecule has 0 bridgehead atoms. The number of methoxy groups -OCH3 is 1. The molecule has 1 aromatic heterocycles. The van der Waals surface area contributed by atoms with Gasteiger partial charge in [-0.05, 0) is 43.3 Å². The molecule has 0 fully saturated rings. The lowest BCUT2D eigenvalue weighted by Gasteiger charge is -2.07. The van der Waals surface area contributed by atoms with E-state index in [0.717, 1.165) is 33.1 Å². The summed E-state index contributed by atoms with van der Waals surface area (Å²) in [4.78, 5) is 4.59. The smallest absolute Gasteiger partial charge is 0.119 e. The van der Waals surface area contributed by atoms with E-state index in [4.69, 9.17) is 4.74 Å². The van der Waals surface area contributed by atoms with Crippen LogP contribution in [0.4, 0.5) is 0 Å². The van der Waals surface area contributed by atoms with Gasteiger partial charge in [-0.3, -0.25) is 0 Å². The quantitative estimate of drug-likeness (QED) is 0.662. The number of aryl methyl sites for hydroxylation is 1. The number of ether oxygens (including phenoxy) is 1. The number of hydrogen-bond acceptors (Lipinski definition) is 3. The molecule has 0 radical (unpaired) electrons. The molecule has 90 valence electrons. The Balaban J connectivity index is 2.40. The second-order valence-corrected chi connectivity index (χ2v) is 4.32. The highest BCUT2D eigenvalue weighted by atomic mass is 16.5. The Bertz CT molecular complexity index is 750. The molecule has 0 saturated heterocycles. The van der Waals surface area contributed by atoms with Crippen LogP contribution in [0.3, 0.4) is 0 Å². The van der Waals surface area contributed by atoms with Crippen molar-refractivity contribution in [1.29, 1.82) is 0 Å². The number of pyridine rings is 1. The predicted octanol–water partition coefficient (Wildman–Crippen LogP) is 3.41. The Hall–Kier alpha value is -2.29. The molecule has 3 nitrogen and oxygen atoms in total. The van der Waals surface area contributed by atoms with E-state index in [-0.39, 0.29) is 0 Å². The number of rotatable bonds is 1. The van der Waals surface area contributed by atoms with Crippen molar-refractivity contribution in [1.82, 2.24) is 4.98 Å². The van der Waals surface area contributed by atoms with Crippen molar-refractivity contribution >= 4 is 21.8 Å². The van der Waals surface area contributed by atoms with Crippen LogP contribution in [-0.2, 0) is 0 Å². The lowest BCUT2D eigenvalue weighted by atomic mass is 10.1. The Morgan fingerprint density at radius 1 is 1.06 bits per heavy atom. The molecule has 3 aromatic rings. The Morgan fingerprint density at radius 3 is 2.61 bits per heavy atom. The van der Waals surface area contributed by atoms with Gasteiger partial charge in [-0.1, -0.05) is 0 Å². The van der Waals surface area contributed by atoms with Crippen molar-refractivity contribution in [2.75, 3.05) is 7.11 Å². The molecule has 0 unspecified atom stereocenters. The third-order valence-electron chi connectivity index (χ3n) is 3.24. The van der Waals surface area contributed by atoms with Gasteiger partial charge in [0.15, 0.2) is 0 Å². The van der Waals surface area contributed by atoms with Crippen molar-refractivity contribution in [2.24, 2.45) is 0 Å². The zero-order valence-corrected chi connectivity index (χ0v) is 10.3. The Labute approximate surface area is 105 Å². The first-order chi connectivity index (χ1) is 8.69. The van der Waals surface area contributed by atoms with Crippen LogP contribution in [-0.4, -0.2) is 17.2 Å². The monoisotopic (exact) mass is 239 g/mol. The van der Waals surface area contributed by atoms with Crippen molar-refractivity contribution in [2.45, 2.75) is 6.92 Å². The summed E-state index contributed by atoms with van der Waals surface area (Å²) in [6.45, 7) is 1.89. The van der Waals surface area contributed by atoms with E-state index >= 15 is 0 Å². The van der Waals surface area contributed by atoms with Crippen LogP contribution >= 0.6 is 0 Å². The van der Waals surface area contributed by atoms with Gasteiger partial charge < -0.3 is 9.84 Å². The van der Waals surface area contributed by atoms with E-state index in [1.54, 1.807) is 13.2 Å². The fourth-order valence-electron chi connectivity index (χ4n) is 2.14. The van der Waals surface area contributed by atoms with Crippen LogP contribution in [0.5, 0.6) is 11.5 Å². The molecule has 2 aromatic carbocycles. The lowest BCUT2D eigenvalue weighted by Crippen LogP contribution is -1.87. The van der Waals surface area contributed by atoms with Crippen LogP contribution in [0.1, 0.15) is 5.56 Å². The zero-order chi connectivity index (χ0) is 12.7. The average molecular weight is 239 g/mol.